The number of halogens is 1. The highest BCUT2D eigenvalue weighted by atomic mass is 19.1. The fourth-order valence-corrected chi connectivity index (χ4v) is 3.12. The van der Waals surface area contributed by atoms with Gasteiger partial charge >= 0.3 is 0 Å². The summed E-state index contributed by atoms with van der Waals surface area (Å²) in [5.74, 6) is -0.674. The Labute approximate surface area is 171 Å². The predicted octanol–water partition coefficient (Wildman–Crippen LogP) is 3.54. The molecule has 0 aliphatic rings. The summed E-state index contributed by atoms with van der Waals surface area (Å²) in [4.78, 5) is 29.2. The number of carbonyl (C=O) groups excluding carboxylic acids is 2. The van der Waals surface area contributed by atoms with Crippen LogP contribution < -0.4 is 5.32 Å². The van der Waals surface area contributed by atoms with E-state index in [0.717, 1.165) is 0 Å². The van der Waals surface area contributed by atoms with Crippen LogP contribution in [0.4, 0.5) is 10.1 Å². The van der Waals surface area contributed by atoms with Gasteiger partial charge in [0.25, 0.3) is 5.91 Å². The Kier molecular flexibility index (Phi) is 4.97. The van der Waals surface area contributed by atoms with Crippen molar-refractivity contribution in [1.29, 1.82) is 0 Å². The van der Waals surface area contributed by atoms with Crippen molar-refractivity contribution in [3.63, 3.8) is 0 Å². The van der Waals surface area contributed by atoms with Gasteiger partial charge in [-0.15, -0.1) is 0 Å². The lowest BCUT2D eigenvalue weighted by Gasteiger charge is -2.08. The van der Waals surface area contributed by atoms with Gasteiger partial charge in [-0.05, 0) is 43.3 Å². The molecule has 0 aliphatic carbocycles. The average Bonchev–Trinajstić information content (AvgIpc) is 3.34. The minimum atomic E-state index is -0.427. The first-order valence-electron chi connectivity index (χ1n) is 9.18. The van der Waals surface area contributed by atoms with Crippen LogP contribution in [0, 0.1) is 12.7 Å². The van der Waals surface area contributed by atoms with E-state index < -0.39 is 5.82 Å². The standard InChI is InChI=1S/C22H18FN5O2/c1-14-17(13-25-28(14)19-6-4-3-5-18(19)23)22(30)26-16-9-7-15(8-10-16)20(29)21-24-11-12-27(21)2/h3-13H,1-2H3,(H,26,30). The summed E-state index contributed by atoms with van der Waals surface area (Å²) in [6.45, 7) is 1.70. The minimum absolute atomic E-state index is 0.206. The quantitative estimate of drug-likeness (QED) is 0.517. The van der Waals surface area contributed by atoms with Gasteiger partial charge in [0.15, 0.2) is 5.82 Å². The number of nitrogens with one attached hydrogen (secondary N) is 1. The molecular weight excluding hydrogens is 385 g/mol. The lowest BCUT2D eigenvalue weighted by molar-refractivity contribution is 0.101. The van der Waals surface area contributed by atoms with E-state index in [1.54, 1.807) is 73.4 Å². The minimum Gasteiger partial charge on any atom is -0.331 e. The summed E-state index contributed by atoms with van der Waals surface area (Å²) in [6.07, 6.45) is 4.66. The van der Waals surface area contributed by atoms with Crippen molar-refractivity contribution < 1.29 is 14.0 Å². The van der Waals surface area contributed by atoms with Crippen LogP contribution in [0.5, 0.6) is 0 Å². The second kappa shape index (κ2) is 7.75. The maximum Gasteiger partial charge on any atom is 0.259 e. The number of hydrogen-bond acceptors (Lipinski definition) is 4. The molecule has 2 aromatic heterocycles. The topological polar surface area (TPSA) is 81.8 Å². The van der Waals surface area contributed by atoms with E-state index in [4.69, 9.17) is 0 Å². The molecule has 1 amide bonds. The molecule has 1 N–H and O–H groups in total. The highest BCUT2D eigenvalue weighted by Crippen LogP contribution is 2.19. The molecule has 0 saturated carbocycles. The predicted molar refractivity (Wildman–Crippen MR) is 109 cm³/mol. The molecule has 2 aromatic carbocycles. The van der Waals surface area contributed by atoms with Crippen LogP contribution in [0.15, 0.2) is 67.1 Å². The number of nitrogens with zero attached hydrogens (tertiary/aromatic N) is 4. The van der Waals surface area contributed by atoms with Crippen LogP contribution in [0.25, 0.3) is 5.69 Å². The van der Waals surface area contributed by atoms with Crippen molar-refractivity contribution in [2.24, 2.45) is 7.05 Å². The van der Waals surface area contributed by atoms with E-state index in [1.807, 2.05) is 0 Å². The van der Waals surface area contributed by atoms with Gasteiger partial charge in [-0.3, -0.25) is 9.59 Å². The van der Waals surface area contributed by atoms with Crippen LogP contribution >= 0.6 is 0 Å². The molecule has 0 spiro atoms. The largest absolute Gasteiger partial charge is 0.331 e. The molecule has 4 aromatic rings. The SMILES string of the molecule is Cc1c(C(=O)Nc2ccc(C(=O)c3nccn3C)cc2)cnn1-c1ccccc1F. The van der Waals surface area contributed by atoms with Crippen LogP contribution in [0.2, 0.25) is 0 Å². The van der Waals surface area contributed by atoms with Gasteiger partial charge < -0.3 is 9.88 Å². The number of ketones is 1. The van der Waals surface area contributed by atoms with Crippen molar-refractivity contribution in [3.8, 4) is 5.69 Å². The highest BCUT2D eigenvalue weighted by molar-refractivity contribution is 6.08. The van der Waals surface area contributed by atoms with E-state index in [-0.39, 0.29) is 17.4 Å². The molecule has 150 valence electrons. The molecule has 0 fully saturated rings. The second-order valence-electron chi connectivity index (χ2n) is 6.73. The number of aryl methyl sites for hydroxylation is 1. The Bertz CT molecular complexity index is 1240. The Hall–Kier alpha value is -4.07. The van der Waals surface area contributed by atoms with E-state index in [9.17, 15) is 14.0 Å². The molecule has 0 bridgehead atoms. The number of amides is 1. The molecule has 4 rings (SSSR count). The van der Waals surface area contributed by atoms with Gasteiger partial charge in [-0.25, -0.2) is 14.1 Å². The third-order valence-corrected chi connectivity index (χ3v) is 4.76. The molecule has 8 heteroatoms. The summed E-state index contributed by atoms with van der Waals surface area (Å²) < 4.78 is 17.1. The molecular formula is C22H18FN5O2. The number of aromatic nitrogens is 4. The van der Waals surface area contributed by atoms with E-state index >= 15 is 0 Å². The van der Waals surface area contributed by atoms with Crippen molar-refractivity contribution in [1.82, 2.24) is 19.3 Å². The maximum atomic E-state index is 14.0. The Morgan fingerprint density at radius 2 is 1.80 bits per heavy atom. The van der Waals surface area contributed by atoms with Gasteiger partial charge in [0.2, 0.25) is 5.78 Å². The summed E-state index contributed by atoms with van der Waals surface area (Å²) in [5, 5.41) is 6.92. The summed E-state index contributed by atoms with van der Waals surface area (Å²) in [6, 6.07) is 12.8. The van der Waals surface area contributed by atoms with Gasteiger partial charge in [-0.1, -0.05) is 12.1 Å². The zero-order valence-electron chi connectivity index (χ0n) is 16.3. The first-order chi connectivity index (χ1) is 14.5. The molecule has 0 atom stereocenters. The lowest BCUT2D eigenvalue weighted by Crippen LogP contribution is -2.14. The van der Waals surface area contributed by atoms with Crippen LogP contribution in [0.3, 0.4) is 0 Å². The van der Waals surface area contributed by atoms with Gasteiger partial charge in [0.05, 0.1) is 17.5 Å². The van der Waals surface area contributed by atoms with E-state index in [2.05, 4.69) is 15.4 Å². The number of benzene rings is 2. The van der Waals surface area contributed by atoms with Gasteiger partial charge in [-0.2, -0.15) is 5.10 Å². The number of hydrogen-bond donors (Lipinski definition) is 1. The first kappa shape index (κ1) is 19.3. The zero-order valence-corrected chi connectivity index (χ0v) is 16.3. The van der Waals surface area contributed by atoms with Crippen LogP contribution in [-0.4, -0.2) is 31.0 Å². The van der Waals surface area contributed by atoms with Crippen molar-refractivity contribution >= 4 is 17.4 Å². The number of para-hydroxylation sites is 1. The molecule has 0 saturated heterocycles. The monoisotopic (exact) mass is 403 g/mol. The van der Waals surface area contributed by atoms with Crippen molar-refractivity contribution in [2.45, 2.75) is 6.92 Å². The smallest absolute Gasteiger partial charge is 0.259 e. The van der Waals surface area contributed by atoms with Crippen LogP contribution in [0.1, 0.15) is 32.2 Å². The number of carbonyl (C=O) groups is 2. The Morgan fingerprint density at radius 3 is 2.47 bits per heavy atom. The molecule has 0 unspecified atom stereocenters. The molecule has 0 aliphatic heterocycles. The number of anilines is 1. The van der Waals surface area contributed by atoms with Crippen molar-refractivity contribution in [3.05, 3.63) is 95.6 Å². The number of rotatable bonds is 5. The summed E-state index contributed by atoms with van der Waals surface area (Å²) in [7, 11) is 1.75. The average molecular weight is 403 g/mol. The normalized spacial score (nSPS) is 10.8. The van der Waals surface area contributed by atoms with E-state index in [1.165, 1.54) is 16.9 Å². The Balaban J connectivity index is 1.52. The summed E-state index contributed by atoms with van der Waals surface area (Å²) >= 11 is 0. The lowest BCUT2D eigenvalue weighted by atomic mass is 10.1. The third-order valence-electron chi connectivity index (χ3n) is 4.76. The highest BCUT2D eigenvalue weighted by Gasteiger charge is 2.18. The molecule has 30 heavy (non-hydrogen) atoms. The first-order valence-corrected chi connectivity index (χ1v) is 9.18. The van der Waals surface area contributed by atoms with Gasteiger partial charge in [0.1, 0.15) is 11.5 Å². The zero-order chi connectivity index (χ0) is 21.3. The van der Waals surface area contributed by atoms with E-state index in [0.29, 0.717) is 28.3 Å². The third kappa shape index (κ3) is 3.50. The second-order valence-corrected chi connectivity index (χ2v) is 6.73. The molecule has 0 radical (unpaired) electrons. The number of imidazole rings is 1. The molecule has 7 nitrogen and oxygen atoms in total. The summed E-state index contributed by atoms with van der Waals surface area (Å²) in [5.41, 5.74) is 2.09. The fraction of sp³-hybridized carbons (Fsp3) is 0.0909. The Morgan fingerprint density at radius 1 is 1.07 bits per heavy atom. The van der Waals surface area contributed by atoms with Gasteiger partial charge in [0, 0.05) is 30.7 Å². The van der Waals surface area contributed by atoms with Crippen LogP contribution in [-0.2, 0) is 7.05 Å². The molecule has 2 heterocycles. The fourth-order valence-electron chi connectivity index (χ4n) is 3.12. The van der Waals surface area contributed by atoms with Crippen molar-refractivity contribution in [2.75, 3.05) is 5.32 Å². The maximum absolute atomic E-state index is 14.0.